The van der Waals surface area contributed by atoms with Crippen molar-refractivity contribution >= 4 is 51.4 Å². The summed E-state index contributed by atoms with van der Waals surface area (Å²) < 4.78 is 0. The average Bonchev–Trinajstić information content (AvgIpc) is 2.75. The average molecular weight is 436 g/mol. The highest BCUT2D eigenvalue weighted by Crippen LogP contribution is 2.46. The summed E-state index contributed by atoms with van der Waals surface area (Å²) >= 11 is 12.7. The number of amides is 1. The van der Waals surface area contributed by atoms with Crippen LogP contribution in [0.1, 0.15) is 37.2 Å². The van der Waals surface area contributed by atoms with Crippen LogP contribution in [0.15, 0.2) is 71.9 Å². The van der Waals surface area contributed by atoms with Crippen LogP contribution >= 0.6 is 23.2 Å². The molecule has 1 heterocycles. The van der Waals surface area contributed by atoms with Crippen molar-refractivity contribution in [3.8, 4) is 0 Å². The Labute approximate surface area is 184 Å². The topological polar surface area (TPSA) is 37.4 Å². The van der Waals surface area contributed by atoms with Crippen LogP contribution in [-0.2, 0) is 9.59 Å². The van der Waals surface area contributed by atoms with Gasteiger partial charge in [-0.15, -0.1) is 0 Å². The van der Waals surface area contributed by atoms with Gasteiger partial charge in [-0.3, -0.25) is 14.5 Å². The minimum absolute atomic E-state index is 0.0280. The summed E-state index contributed by atoms with van der Waals surface area (Å²) in [6.45, 7) is 0. The molecule has 0 saturated carbocycles. The van der Waals surface area contributed by atoms with E-state index in [2.05, 4.69) is 0 Å². The second kappa shape index (κ2) is 7.57. The Morgan fingerprint density at radius 3 is 2.50 bits per heavy atom. The van der Waals surface area contributed by atoms with Crippen molar-refractivity contribution in [2.24, 2.45) is 0 Å². The zero-order valence-electron chi connectivity index (χ0n) is 16.2. The minimum atomic E-state index is -0.358. The zero-order chi connectivity index (χ0) is 20.8. The van der Waals surface area contributed by atoms with Gasteiger partial charge in [0.2, 0.25) is 5.91 Å². The van der Waals surface area contributed by atoms with E-state index in [9.17, 15) is 9.59 Å². The number of halogens is 2. The second-order valence-corrected chi connectivity index (χ2v) is 8.58. The summed E-state index contributed by atoms with van der Waals surface area (Å²) in [5.41, 5.74) is 3.06. The third-order valence-corrected chi connectivity index (χ3v) is 6.86. The van der Waals surface area contributed by atoms with Crippen LogP contribution in [0.5, 0.6) is 0 Å². The van der Waals surface area contributed by atoms with E-state index in [1.54, 1.807) is 11.0 Å². The summed E-state index contributed by atoms with van der Waals surface area (Å²) in [5.74, 6) is -0.293. The van der Waals surface area contributed by atoms with Gasteiger partial charge in [-0.05, 0) is 47.4 Å². The van der Waals surface area contributed by atoms with Gasteiger partial charge in [-0.1, -0.05) is 65.7 Å². The van der Waals surface area contributed by atoms with Crippen LogP contribution in [0.2, 0.25) is 10.0 Å². The standard InChI is InChI=1S/C25H19Cl2NO2/c26-20-8-3-7-18(25(20)27)19-14-23(30)28(21-9-4-10-22(29)24(19)21)17-12-11-15-5-1-2-6-16(15)13-17/h1-3,5-8,11-13,19H,4,9-10,14H2. The van der Waals surface area contributed by atoms with Gasteiger partial charge in [0, 0.05) is 35.7 Å². The lowest BCUT2D eigenvalue weighted by molar-refractivity contribution is -0.119. The molecule has 0 aromatic heterocycles. The number of carbonyl (C=O) groups excluding carboxylic acids is 2. The van der Waals surface area contributed by atoms with Crippen LogP contribution in [0.3, 0.4) is 0 Å². The number of Topliss-reactive ketones (excluding diaryl/α,β-unsaturated/α-hetero) is 1. The molecule has 1 aliphatic carbocycles. The SMILES string of the molecule is O=C1CCCC2=C1C(c1cccc(Cl)c1Cl)CC(=O)N2c1ccc2ccccc2c1. The van der Waals surface area contributed by atoms with Gasteiger partial charge in [0.25, 0.3) is 0 Å². The molecular formula is C25H19Cl2NO2. The fourth-order valence-electron chi connectivity index (χ4n) is 4.66. The second-order valence-electron chi connectivity index (χ2n) is 7.80. The van der Waals surface area contributed by atoms with E-state index in [0.717, 1.165) is 34.1 Å². The van der Waals surface area contributed by atoms with Gasteiger partial charge in [0.15, 0.2) is 5.78 Å². The van der Waals surface area contributed by atoms with Gasteiger partial charge >= 0.3 is 0 Å². The zero-order valence-corrected chi connectivity index (χ0v) is 17.7. The van der Waals surface area contributed by atoms with Gasteiger partial charge in [0.05, 0.1) is 10.0 Å². The van der Waals surface area contributed by atoms with Crippen LogP contribution < -0.4 is 4.90 Å². The summed E-state index contributed by atoms with van der Waals surface area (Å²) in [5, 5.41) is 3.03. The highest BCUT2D eigenvalue weighted by atomic mass is 35.5. The fourth-order valence-corrected chi connectivity index (χ4v) is 5.10. The maximum Gasteiger partial charge on any atom is 0.232 e. The number of nitrogens with zero attached hydrogens (tertiary/aromatic N) is 1. The third kappa shape index (κ3) is 3.13. The van der Waals surface area contributed by atoms with Gasteiger partial charge < -0.3 is 0 Å². The van der Waals surface area contributed by atoms with Crippen LogP contribution in [0.25, 0.3) is 10.8 Å². The molecule has 3 aromatic carbocycles. The predicted molar refractivity (Wildman–Crippen MR) is 121 cm³/mol. The molecule has 1 amide bonds. The first-order chi connectivity index (χ1) is 14.5. The molecule has 0 fully saturated rings. The highest BCUT2D eigenvalue weighted by molar-refractivity contribution is 6.42. The van der Waals surface area contributed by atoms with Gasteiger partial charge in [0.1, 0.15) is 0 Å². The third-order valence-electron chi connectivity index (χ3n) is 6.02. The summed E-state index contributed by atoms with van der Waals surface area (Å²) in [7, 11) is 0. The molecule has 0 saturated heterocycles. The number of benzene rings is 3. The lowest BCUT2D eigenvalue weighted by atomic mass is 9.77. The van der Waals surface area contributed by atoms with Crippen LogP contribution in [0, 0.1) is 0 Å². The van der Waals surface area contributed by atoms with Gasteiger partial charge in [-0.25, -0.2) is 0 Å². The molecule has 0 radical (unpaired) electrons. The van der Waals surface area contributed by atoms with Crippen molar-refractivity contribution < 1.29 is 9.59 Å². The molecule has 0 spiro atoms. The minimum Gasteiger partial charge on any atom is -0.294 e. The molecule has 5 heteroatoms. The van der Waals surface area contributed by atoms with Crippen LogP contribution in [0.4, 0.5) is 5.69 Å². The smallest absolute Gasteiger partial charge is 0.232 e. The van der Waals surface area contributed by atoms with Crippen molar-refractivity contribution in [2.45, 2.75) is 31.6 Å². The summed E-state index contributed by atoms with van der Waals surface area (Å²) in [4.78, 5) is 28.2. The summed E-state index contributed by atoms with van der Waals surface area (Å²) in [6, 6.07) is 19.4. The number of hydrogen-bond acceptors (Lipinski definition) is 2. The van der Waals surface area contributed by atoms with Gasteiger partial charge in [-0.2, -0.15) is 0 Å². The maximum absolute atomic E-state index is 13.4. The van der Waals surface area contributed by atoms with Crippen molar-refractivity contribution in [2.75, 3.05) is 4.90 Å². The molecule has 0 N–H and O–H groups in total. The molecule has 1 atom stereocenters. The van der Waals surface area contributed by atoms with Crippen molar-refractivity contribution in [3.05, 3.63) is 87.5 Å². The first-order valence-electron chi connectivity index (χ1n) is 10.1. The molecule has 1 unspecified atom stereocenters. The number of ketones is 1. The quantitative estimate of drug-likeness (QED) is 0.450. The predicted octanol–water partition coefficient (Wildman–Crippen LogP) is 6.67. The molecule has 0 bridgehead atoms. The molecule has 5 rings (SSSR count). The number of allylic oxidation sites excluding steroid dienone is 2. The normalized spacial score (nSPS) is 19.4. The molecule has 1 aliphatic heterocycles. The van der Waals surface area contributed by atoms with E-state index < -0.39 is 0 Å². The van der Waals surface area contributed by atoms with E-state index in [0.29, 0.717) is 28.5 Å². The van der Waals surface area contributed by atoms with E-state index in [1.165, 1.54) is 0 Å². The first-order valence-corrected chi connectivity index (χ1v) is 10.8. The Morgan fingerprint density at radius 2 is 1.67 bits per heavy atom. The number of anilines is 1. The van der Waals surface area contributed by atoms with Crippen molar-refractivity contribution in [1.29, 1.82) is 0 Å². The molecule has 3 aromatic rings. The molecular weight excluding hydrogens is 417 g/mol. The Bertz CT molecular complexity index is 1230. The van der Waals surface area contributed by atoms with E-state index in [4.69, 9.17) is 23.2 Å². The Hall–Kier alpha value is -2.62. The maximum atomic E-state index is 13.4. The fraction of sp³-hybridized carbons (Fsp3) is 0.200. The number of hydrogen-bond donors (Lipinski definition) is 0. The largest absolute Gasteiger partial charge is 0.294 e. The van der Waals surface area contributed by atoms with E-state index in [1.807, 2.05) is 54.6 Å². The van der Waals surface area contributed by atoms with Crippen LogP contribution in [-0.4, -0.2) is 11.7 Å². The van der Waals surface area contributed by atoms with Crippen molar-refractivity contribution in [1.82, 2.24) is 0 Å². The Balaban J connectivity index is 1.68. The number of fused-ring (bicyclic) bond motifs is 1. The molecule has 2 aliphatic rings. The molecule has 150 valence electrons. The Kier molecular flexibility index (Phi) is 4.88. The number of carbonyl (C=O) groups is 2. The number of rotatable bonds is 2. The van der Waals surface area contributed by atoms with Crippen molar-refractivity contribution in [3.63, 3.8) is 0 Å². The molecule has 3 nitrogen and oxygen atoms in total. The Morgan fingerprint density at radius 1 is 0.867 bits per heavy atom. The molecule has 30 heavy (non-hydrogen) atoms. The highest BCUT2D eigenvalue weighted by Gasteiger charge is 2.40. The monoisotopic (exact) mass is 435 g/mol. The van der Waals surface area contributed by atoms with E-state index in [-0.39, 0.29) is 24.0 Å². The lowest BCUT2D eigenvalue weighted by Gasteiger charge is -2.38. The first kappa shape index (κ1) is 19.3. The summed E-state index contributed by atoms with van der Waals surface area (Å²) in [6.07, 6.45) is 2.12. The van der Waals surface area contributed by atoms with E-state index >= 15 is 0 Å². The lowest BCUT2D eigenvalue weighted by Crippen LogP contribution is -2.40.